The summed E-state index contributed by atoms with van der Waals surface area (Å²) in [4.78, 5) is 24.8. The fourth-order valence-electron chi connectivity index (χ4n) is 2.89. The molecule has 1 amide bonds. The Morgan fingerprint density at radius 3 is 2.60 bits per heavy atom. The molecule has 0 radical (unpaired) electrons. The average molecular weight is 285 g/mol. The third-order valence-corrected chi connectivity index (χ3v) is 3.79. The predicted octanol–water partition coefficient (Wildman–Crippen LogP) is 1.73. The zero-order valence-corrected chi connectivity index (χ0v) is 12.3. The minimum atomic E-state index is -0.803. The summed E-state index contributed by atoms with van der Waals surface area (Å²) in [6, 6.07) is 0. The molecule has 0 aromatic rings. The highest BCUT2D eigenvalue weighted by Gasteiger charge is 2.43. The highest BCUT2D eigenvalue weighted by Crippen LogP contribution is 2.33. The summed E-state index contributed by atoms with van der Waals surface area (Å²) >= 11 is 0. The van der Waals surface area contributed by atoms with Crippen LogP contribution in [0.1, 0.15) is 33.6 Å². The first-order valence-corrected chi connectivity index (χ1v) is 7.10. The molecule has 2 heterocycles. The molecule has 6 heteroatoms. The summed E-state index contributed by atoms with van der Waals surface area (Å²) in [6.45, 7) is 7.11. The number of ether oxygens (including phenoxy) is 2. The summed E-state index contributed by atoms with van der Waals surface area (Å²) in [7, 11) is 0. The molecule has 2 rings (SSSR count). The number of hydrogen-bond donors (Lipinski definition) is 1. The first-order chi connectivity index (χ1) is 9.28. The van der Waals surface area contributed by atoms with Gasteiger partial charge in [-0.3, -0.25) is 4.79 Å². The first-order valence-electron chi connectivity index (χ1n) is 7.10. The molecule has 20 heavy (non-hydrogen) atoms. The van der Waals surface area contributed by atoms with Gasteiger partial charge in [0.2, 0.25) is 0 Å². The Labute approximate surface area is 119 Å². The predicted molar refractivity (Wildman–Crippen MR) is 71.4 cm³/mol. The summed E-state index contributed by atoms with van der Waals surface area (Å²) in [5.41, 5.74) is -0.511. The summed E-state index contributed by atoms with van der Waals surface area (Å²) < 4.78 is 10.9. The van der Waals surface area contributed by atoms with Crippen LogP contribution in [0, 0.1) is 11.8 Å². The first kappa shape index (κ1) is 15.1. The van der Waals surface area contributed by atoms with Crippen molar-refractivity contribution in [3.05, 3.63) is 0 Å². The van der Waals surface area contributed by atoms with Crippen LogP contribution in [0.2, 0.25) is 0 Å². The van der Waals surface area contributed by atoms with E-state index in [1.165, 1.54) is 0 Å². The number of aliphatic carboxylic acids is 1. The Balaban J connectivity index is 1.92. The van der Waals surface area contributed by atoms with Gasteiger partial charge in [0.25, 0.3) is 0 Å². The number of nitrogens with zero attached hydrogens (tertiary/aromatic N) is 1. The van der Waals surface area contributed by atoms with Crippen LogP contribution in [-0.2, 0) is 14.3 Å². The standard InChI is InChI=1S/C14H23NO5/c1-14(2,3)20-13(18)15-6-4-9(8-15)11-10(12(16)17)5-7-19-11/h9-11H,4-8H2,1-3H3,(H,16,17)/t9?,10-,11+/m1/s1. The van der Waals surface area contributed by atoms with Gasteiger partial charge in [-0.05, 0) is 33.6 Å². The van der Waals surface area contributed by atoms with Crippen LogP contribution in [0.5, 0.6) is 0 Å². The number of carboxylic acid groups (broad SMARTS) is 1. The summed E-state index contributed by atoms with van der Waals surface area (Å²) in [5.74, 6) is -1.16. The lowest BCUT2D eigenvalue weighted by Gasteiger charge is -2.25. The van der Waals surface area contributed by atoms with E-state index in [1.54, 1.807) is 4.90 Å². The van der Waals surface area contributed by atoms with Gasteiger partial charge in [0, 0.05) is 25.6 Å². The van der Waals surface area contributed by atoms with Crippen molar-refractivity contribution in [2.75, 3.05) is 19.7 Å². The van der Waals surface area contributed by atoms with E-state index in [0.717, 1.165) is 6.42 Å². The molecule has 0 bridgehead atoms. The Kier molecular flexibility index (Phi) is 4.22. The molecular weight excluding hydrogens is 262 g/mol. The van der Waals surface area contributed by atoms with Gasteiger partial charge >= 0.3 is 12.1 Å². The van der Waals surface area contributed by atoms with Crippen LogP contribution in [0.4, 0.5) is 4.79 Å². The van der Waals surface area contributed by atoms with Crippen LogP contribution in [-0.4, -0.2) is 53.5 Å². The number of amides is 1. The number of likely N-dealkylation sites (tertiary alicyclic amines) is 1. The smallest absolute Gasteiger partial charge is 0.410 e. The molecule has 0 spiro atoms. The van der Waals surface area contributed by atoms with E-state index in [0.29, 0.717) is 26.1 Å². The van der Waals surface area contributed by atoms with Crippen molar-refractivity contribution in [3.63, 3.8) is 0 Å². The summed E-state index contributed by atoms with van der Waals surface area (Å²) in [6.07, 6.45) is 0.723. The molecule has 0 aromatic heterocycles. The maximum Gasteiger partial charge on any atom is 0.410 e. The van der Waals surface area contributed by atoms with Gasteiger partial charge in [-0.2, -0.15) is 0 Å². The monoisotopic (exact) mass is 285 g/mol. The van der Waals surface area contributed by atoms with E-state index in [9.17, 15) is 14.7 Å². The van der Waals surface area contributed by atoms with Crippen LogP contribution in [0.25, 0.3) is 0 Å². The molecule has 2 fully saturated rings. The number of rotatable bonds is 2. The second-order valence-corrected chi connectivity index (χ2v) is 6.54. The highest BCUT2D eigenvalue weighted by molar-refractivity contribution is 5.71. The minimum absolute atomic E-state index is 0.0890. The van der Waals surface area contributed by atoms with E-state index in [2.05, 4.69) is 0 Å². The van der Waals surface area contributed by atoms with Crippen LogP contribution in [0.15, 0.2) is 0 Å². The maximum absolute atomic E-state index is 12.0. The topological polar surface area (TPSA) is 76.1 Å². The van der Waals surface area contributed by atoms with Gasteiger partial charge in [0.1, 0.15) is 5.60 Å². The third-order valence-electron chi connectivity index (χ3n) is 3.79. The summed E-state index contributed by atoms with van der Waals surface area (Å²) in [5, 5.41) is 9.19. The zero-order valence-electron chi connectivity index (χ0n) is 12.3. The minimum Gasteiger partial charge on any atom is -0.481 e. The van der Waals surface area contributed by atoms with Crippen molar-refractivity contribution in [1.82, 2.24) is 4.90 Å². The van der Waals surface area contributed by atoms with Gasteiger partial charge in [0.05, 0.1) is 12.0 Å². The van der Waals surface area contributed by atoms with E-state index in [1.807, 2.05) is 20.8 Å². The molecule has 3 atom stereocenters. The Morgan fingerprint density at radius 1 is 1.30 bits per heavy atom. The zero-order chi connectivity index (χ0) is 14.9. The number of hydrogen-bond acceptors (Lipinski definition) is 4. The third kappa shape index (κ3) is 3.42. The molecule has 0 aromatic carbocycles. The quantitative estimate of drug-likeness (QED) is 0.836. The van der Waals surface area contributed by atoms with Crippen LogP contribution < -0.4 is 0 Å². The normalized spacial score (nSPS) is 30.6. The van der Waals surface area contributed by atoms with Crippen LogP contribution in [0.3, 0.4) is 0 Å². The van der Waals surface area contributed by atoms with Gasteiger partial charge in [-0.25, -0.2) is 4.79 Å². The van der Waals surface area contributed by atoms with Gasteiger partial charge < -0.3 is 19.5 Å². The maximum atomic E-state index is 12.0. The Hall–Kier alpha value is -1.30. The number of carboxylic acids is 1. The molecule has 1 N–H and O–H groups in total. The second-order valence-electron chi connectivity index (χ2n) is 6.54. The Bertz CT molecular complexity index is 390. The van der Waals surface area contributed by atoms with Gasteiger partial charge in [-0.1, -0.05) is 0 Å². The molecule has 2 aliphatic heterocycles. The van der Waals surface area contributed by atoms with Crippen molar-refractivity contribution in [2.24, 2.45) is 11.8 Å². The molecule has 0 saturated carbocycles. The molecule has 2 saturated heterocycles. The average Bonchev–Trinajstić information content (AvgIpc) is 2.95. The van der Waals surface area contributed by atoms with Crippen molar-refractivity contribution in [1.29, 1.82) is 0 Å². The van der Waals surface area contributed by atoms with Gasteiger partial charge in [0.15, 0.2) is 0 Å². The molecule has 1 unspecified atom stereocenters. The Morgan fingerprint density at radius 2 is 2.00 bits per heavy atom. The molecule has 0 aliphatic carbocycles. The number of carbonyl (C=O) groups excluding carboxylic acids is 1. The molecular formula is C14H23NO5. The van der Waals surface area contributed by atoms with E-state index in [-0.39, 0.29) is 18.1 Å². The fourth-order valence-corrected chi connectivity index (χ4v) is 2.89. The highest BCUT2D eigenvalue weighted by atomic mass is 16.6. The lowest BCUT2D eigenvalue weighted by Crippen LogP contribution is -2.37. The van der Waals surface area contributed by atoms with Crippen molar-refractivity contribution in [3.8, 4) is 0 Å². The van der Waals surface area contributed by atoms with Gasteiger partial charge in [-0.15, -0.1) is 0 Å². The molecule has 114 valence electrons. The van der Waals surface area contributed by atoms with Crippen molar-refractivity contribution in [2.45, 2.75) is 45.3 Å². The lowest BCUT2D eigenvalue weighted by molar-refractivity contribution is -0.144. The molecule has 6 nitrogen and oxygen atoms in total. The largest absolute Gasteiger partial charge is 0.481 e. The van der Waals surface area contributed by atoms with Crippen molar-refractivity contribution < 1.29 is 24.2 Å². The second kappa shape index (κ2) is 5.60. The van der Waals surface area contributed by atoms with E-state index < -0.39 is 17.5 Å². The number of carbonyl (C=O) groups is 2. The van der Waals surface area contributed by atoms with Crippen LogP contribution >= 0.6 is 0 Å². The molecule has 2 aliphatic rings. The van der Waals surface area contributed by atoms with E-state index >= 15 is 0 Å². The lowest BCUT2D eigenvalue weighted by atomic mass is 9.90. The van der Waals surface area contributed by atoms with E-state index in [4.69, 9.17) is 9.47 Å². The van der Waals surface area contributed by atoms with Crippen molar-refractivity contribution >= 4 is 12.1 Å². The SMILES string of the molecule is CC(C)(C)OC(=O)N1CCC([C@@H]2OCC[C@H]2C(=O)O)C1. The fraction of sp³-hybridized carbons (Fsp3) is 0.857.